The summed E-state index contributed by atoms with van der Waals surface area (Å²) in [7, 11) is 0. The van der Waals surface area contributed by atoms with Crippen LogP contribution >= 0.6 is 0 Å². The number of benzene rings is 1. The van der Waals surface area contributed by atoms with Crippen molar-refractivity contribution in [2.45, 2.75) is 58.2 Å². The summed E-state index contributed by atoms with van der Waals surface area (Å²) in [6, 6.07) is 5.22. The summed E-state index contributed by atoms with van der Waals surface area (Å²) in [6.45, 7) is 3.04. The number of carbonyl (C=O) groups is 1. The van der Waals surface area contributed by atoms with Gasteiger partial charge >= 0.3 is 6.18 Å². The van der Waals surface area contributed by atoms with E-state index in [0.717, 1.165) is 31.2 Å². The Bertz CT molecular complexity index is 599. The number of aryl methyl sites for hydroxylation is 1. The van der Waals surface area contributed by atoms with Gasteiger partial charge in [-0.25, -0.2) is 0 Å². The van der Waals surface area contributed by atoms with Crippen molar-refractivity contribution in [1.82, 2.24) is 4.90 Å². The second kappa shape index (κ2) is 9.14. The molecule has 1 N–H and O–H groups in total. The van der Waals surface area contributed by atoms with Gasteiger partial charge in [-0.1, -0.05) is 25.3 Å². The van der Waals surface area contributed by atoms with Gasteiger partial charge in [0.2, 0.25) is 5.91 Å². The molecule has 26 heavy (non-hydrogen) atoms. The second-order valence-electron chi connectivity index (χ2n) is 6.73. The molecule has 1 amide bonds. The first kappa shape index (κ1) is 20.4. The molecule has 7 heteroatoms. The normalized spacial score (nSPS) is 15.6. The third-order valence-corrected chi connectivity index (χ3v) is 4.64. The SMILES string of the molecule is CCN(C(=O)CNc1ccc(C)cc1OCC(F)(F)F)C1CCCCC1. The lowest BCUT2D eigenvalue weighted by molar-refractivity contribution is -0.153. The Morgan fingerprint density at radius 1 is 1.27 bits per heavy atom. The summed E-state index contributed by atoms with van der Waals surface area (Å²) in [6.07, 6.45) is 1.11. The lowest BCUT2D eigenvalue weighted by Gasteiger charge is -2.33. The van der Waals surface area contributed by atoms with Crippen LogP contribution < -0.4 is 10.1 Å². The Morgan fingerprint density at radius 3 is 2.58 bits per heavy atom. The lowest BCUT2D eigenvalue weighted by atomic mass is 9.94. The highest BCUT2D eigenvalue weighted by Gasteiger charge is 2.29. The molecule has 0 radical (unpaired) electrons. The molecule has 1 aromatic carbocycles. The Kier molecular flexibility index (Phi) is 7.17. The molecule has 0 aromatic heterocycles. The topological polar surface area (TPSA) is 41.6 Å². The summed E-state index contributed by atoms with van der Waals surface area (Å²) in [5, 5.41) is 2.95. The molecular formula is C19H27F3N2O2. The van der Waals surface area contributed by atoms with E-state index in [1.165, 1.54) is 12.5 Å². The van der Waals surface area contributed by atoms with Gasteiger partial charge in [-0.2, -0.15) is 13.2 Å². The van der Waals surface area contributed by atoms with Gasteiger partial charge < -0.3 is 15.0 Å². The maximum atomic E-state index is 12.6. The molecule has 0 unspecified atom stereocenters. The number of ether oxygens (including phenoxy) is 1. The van der Waals surface area contributed by atoms with Crippen molar-refractivity contribution in [3.8, 4) is 5.75 Å². The summed E-state index contributed by atoms with van der Waals surface area (Å²) >= 11 is 0. The zero-order valence-electron chi connectivity index (χ0n) is 15.4. The average molecular weight is 372 g/mol. The van der Waals surface area contributed by atoms with Gasteiger partial charge in [-0.15, -0.1) is 0 Å². The Hall–Kier alpha value is -1.92. The third-order valence-electron chi connectivity index (χ3n) is 4.64. The molecule has 1 aromatic rings. The van der Waals surface area contributed by atoms with Crippen molar-refractivity contribution < 1.29 is 22.7 Å². The van der Waals surface area contributed by atoms with Crippen LogP contribution in [0.3, 0.4) is 0 Å². The lowest BCUT2D eigenvalue weighted by Crippen LogP contribution is -2.44. The number of nitrogens with one attached hydrogen (secondary N) is 1. The molecule has 0 saturated heterocycles. The fraction of sp³-hybridized carbons (Fsp3) is 0.632. The predicted molar refractivity (Wildman–Crippen MR) is 95.5 cm³/mol. The molecule has 2 rings (SSSR count). The van der Waals surface area contributed by atoms with Crippen LogP contribution in [-0.4, -0.2) is 42.7 Å². The van der Waals surface area contributed by atoms with E-state index in [1.54, 1.807) is 19.1 Å². The Balaban J connectivity index is 1.99. The first-order chi connectivity index (χ1) is 12.3. The molecule has 1 aliphatic rings. The smallest absolute Gasteiger partial charge is 0.422 e. The zero-order valence-corrected chi connectivity index (χ0v) is 15.4. The second-order valence-corrected chi connectivity index (χ2v) is 6.73. The van der Waals surface area contributed by atoms with Crippen molar-refractivity contribution >= 4 is 11.6 Å². The van der Waals surface area contributed by atoms with Crippen molar-refractivity contribution in [1.29, 1.82) is 0 Å². The maximum absolute atomic E-state index is 12.6. The highest BCUT2D eigenvalue weighted by molar-refractivity contribution is 5.81. The average Bonchev–Trinajstić information content (AvgIpc) is 2.60. The van der Waals surface area contributed by atoms with E-state index in [0.29, 0.717) is 12.2 Å². The van der Waals surface area contributed by atoms with Crippen molar-refractivity contribution in [3.63, 3.8) is 0 Å². The quantitative estimate of drug-likeness (QED) is 0.765. The number of likely N-dealkylation sites (N-methyl/N-ethyl adjacent to an activating group) is 1. The highest BCUT2D eigenvalue weighted by Crippen LogP contribution is 2.28. The summed E-state index contributed by atoms with van der Waals surface area (Å²) in [5.74, 6) is 0.0672. The molecule has 0 heterocycles. The fourth-order valence-corrected chi connectivity index (χ4v) is 3.36. The van der Waals surface area contributed by atoms with Crippen molar-refractivity contribution in [2.24, 2.45) is 0 Å². The van der Waals surface area contributed by atoms with Gasteiger partial charge in [0.25, 0.3) is 0 Å². The number of alkyl halides is 3. The number of amides is 1. The summed E-state index contributed by atoms with van der Waals surface area (Å²) in [4.78, 5) is 14.5. The zero-order chi connectivity index (χ0) is 19.2. The molecular weight excluding hydrogens is 345 g/mol. The fourth-order valence-electron chi connectivity index (χ4n) is 3.36. The van der Waals surface area contributed by atoms with Crippen molar-refractivity contribution in [2.75, 3.05) is 25.0 Å². The number of nitrogens with zero attached hydrogens (tertiary/aromatic N) is 1. The highest BCUT2D eigenvalue weighted by atomic mass is 19.4. The number of carbonyl (C=O) groups excluding carboxylic acids is 1. The van der Waals surface area contributed by atoms with Gasteiger partial charge in [0, 0.05) is 12.6 Å². The van der Waals surface area contributed by atoms with Crippen LogP contribution in [0.25, 0.3) is 0 Å². The van der Waals surface area contributed by atoms with Crippen LogP contribution in [0.5, 0.6) is 5.75 Å². The standard InChI is InChI=1S/C19H27F3N2O2/c1-3-24(15-7-5-4-6-8-15)18(25)12-23-16-10-9-14(2)11-17(16)26-13-19(20,21)22/h9-11,15,23H,3-8,12-13H2,1-2H3. The molecule has 1 saturated carbocycles. The van der Waals surface area contributed by atoms with Crippen LogP contribution in [0.4, 0.5) is 18.9 Å². The molecule has 4 nitrogen and oxygen atoms in total. The first-order valence-electron chi connectivity index (χ1n) is 9.13. The Labute approximate surface area is 152 Å². The molecule has 0 bridgehead atoms. The Morgan fingerprint density at radius 2 is 1.96 bits per heavy atom. The van der Waals surface area contributed by atoms with E-state index in [9.17, 15) is 18.0 Å². The number of halogens is 3. The van der Waals surface area contributed by atoms with Crippen LogP contribution in [0.15, 0.2) is 18.2 Å². The first-order valence-corrected chi connectivity index (χ1v) is 9.13. The van der Waals surface area contributed by atoms with E-state index < -0.39 is 12.8 Å². The number of rotatable bonds is 7. The minimum absolute atomic E-state index is 0.0375. The maximum Gasteiger partial charge on any atom is 0.422 e. The minimum Gasteiger partial charge on any atom is -0.482 e. The molecule has 0 aliphatic heterocycles. The predicted octanol–water partition coefficient (Wildman–Crippen LogP) is 4.53. The molecule has 146 valence electrons. The number of anilines is 1. The van der Waals surface area contributed by atoms with E-state index in [1.807, 2.05) is 11.8 Å². The van der Waals surface area contributed by atoms with Gasteiger partial charge in [0.05, 0.1) is 12.2 Å². The van der Waals surface area contributed by atoms with Crippen molar-refractivity contribution in [3.05, 3.63) is 23.8 Å². The van der Waals surface area contributed by atoms with Crippen LogP contribution in [0, 0.1) is 6.92 Å². The monoisotopic (exact) mass is 372 g/mol. The largest absolute Gasteiger partial charge is 0.482 e. The van der Waals surface area contributed by atoms with Gasteiger partial charge in [-0.05, 0) is 44.4 Å². The molecule has 0 atom stereocenters. The minimum atomic E-state index is -4.41. The number of hydrogen-bond donors (Lipinski definition) is 1. The van der Waals surface area contributed by atoms with Gasteiger partial charge in [-0.3, -0.25) is 4.79 Å². The summed E-state index contributed by atoms with van der Waals surface area (Å²) < 4.78 is 42.2. The van der Waals surface area contributed by atoms with Gasteiger partial charge in [0.1, 0.15) is 5.75 Å². The van der Waals surface area contributed by atoms with Crippen LogP contribution in [0.2, 0.25) is 0 Å². The molecule has 1 fully saturated rings. The third kappa shape index (κ3) is 6.11. The van der Waals surface area contributed by atoms with Crippen LogP contribution in [-0.2, 0) is 4.79 Å². The van der Waals surface area contributed by atoms with E-state index in [-0.39, 0.29) is 24.2 Å². The molecule has 1 aliphatic carbocycles. The van der Waals surface area contributed by atoms with E-state index in [4.69, 9.17) is 4.74 Å². The van der Waals surface area contributed by atoms with E-state index in [2.05, 4.69) is 5.32 Å². The number of hydrogen-bond acceptors (Lipinski definition) is 3. The molecule has 0 spiro atoms. The summed E-state index contributed by atoms with van der Waals surface area (Å²) in [5.41, 5.74) is 1.18. The van der Waals surface area contributed by atoms with E-state index >= 15 is 0 Å². The van der Waals surface area contributed by atoms with Crippen LogP contribution in [0.1, 0.15) is 44.6 Å². The van der Waals surface area contributed by atoms with Gasteiger partial charge in [0.15, 0.2) is 6.61 Å².